The predicted molar refractivity (Wildman–Crippen MR) is 114 cm³/mol. The molecule has 0 fully saturated rings. The number of likely N-dealkylation sites (N-methyl/N-ethyl adjacent to an activating group) is 1. The lowest BCUT2D eigenvalue weighted by Gasteiger charge is -2.32. The second-order valence-corrected chi connectivity index (χ2v) is 7.91. The van der Waals surface area contributed by atoms with Crippen LogP contribution in [-0.4, -0.2) is 47.2 Å². The highest BCUT2D eigenvalue weighted by Crippen LogP contribution is 2.40. The Hall–Kier alpha value is -3.29. The maximum absolute atomic E-state index is 13.2. The number of hydrogen-bond donors (Lipinski definition) is 1. The number of amides is 1. The Labute approximate surface area is 184 Å². The minimum absolute atomic E-state index is 0.0285. The summed E-state index contributed by atoms with van der Waals surface area (Å²) in [5, 5.41) is 11.3. The highest BCUT2D eigenvalue weighted by atomic mass is 35.5. The average molecular weight is 441 g/mol. The first-order valence-corrected chi connectivity index (χ1v) is 10.0. The molecule has 2 unspecified atom stereocenters. The summed E-state index contributed by atoms with van der Waals surface area (Å²) in [6.07, 6.45) is 2.94. The minimum atomic E-state index is -0.806. The SMILES string of the molecule is CN(C)C(CN1C(=O)C(O)=C(C(=O)c2ccco2)C1c1ccc(Cl)cc1)c1ccco1. The van der Waals surface area contributed by atoms with Crippen LogP contribution in [0.5, 0.6) is 0 Å². The number of hydrogen-bond acceptors (Lipinski definition) is 6. The number of halogens is 1. The maximum Gasteiger partial charge on any atom is 0.290 e. The maximum atomic E-state index is 13.2. The van der Waals surface area contributed by atoms with Gasteiger partial charge in [0, 0.05) is 11.6 Å². The molecule has 1 aliphatic rings. The van der Waals surface area contributed by atoms with Crippen molar-refractivity contribution in [2.45, 2.75) is 12.1 Å². The fourth-order valence-corrected chi connectivity index (χ4v) is 3.91. The Bertz CT molecular complexity index is 1100. The second-order valence-electron chi connectivity index (χ2n) is 7.48. The molecule has 31 heavy (non-hydrogen) atoms. The summed E-state index contributed by atoms with van der Waals surface area (Å²) in [6, 6.07) is 12.4. The van der Waals surface area contributed by atoms with E-state index >= 15 is 0 Å². The van der Waals surface area contributed by atoms with Gasteiger partial charge in [-0.15, -0.1) is 0 Å². The number of carbonyl (C=O) groups is 2. The van der Waals surface area contributed by atoms with Gasteiger partial charge in [-0.3, -0.25) is 14.5 Å². The lowest BCUT2D eigenvalue weighted by atomic mass is 9.95. The van der Waals surface area contributed by atoms with Crippen molar-refractivity contribution in [3.63, 3.8) is 0 Å². The van der Waals surface area contributed by atoms with Crippen molar-refractivity contribution in [3.8, 4) is 0 Å². The van der Waals surface area contributed by atoms with E-state index in [1.54, 1.807) is 42.7 Å². The predicted octanol–water partition coefficient (Wildman–Crippen LogP) is 4.41. The Kier molecular flexibility index (Phi) is 5.71. The monoisotopic (exact) mass is 440 g/mol. The van der Waals surface area contributed by atoms with E-state index in [2.05, 4.69) is 0 Å². The van der Waals surface area contributed by atoms with Crippen molar-refractivity contribution in [2.24, 2.45) is 0 Å². The standard InChI is InChI=1S/C23H21ClN2O5/c1-25(2)16(17-5-3-11-30-17)13-26-20(14-7-9-15(24)10-8-14)19(22(28)23(26)29)21(27)18-6-4-12-31-18/h3-12,16,20,28H,13H2,1-2H3. The van der Waals surface area contributed by atoms with Crippen molar-refractivity contribution in [1.29, 1.82) is 0 Å². The molecule has 1 amide bonds. The molecule has 1 N–H and O–H groups in total. The number of aliphatic hydroxyl groups excluding tert-OH is 1. The van der Waals surface area contributed by atoms with Gasteiger partial charge in [-0.25, -0.2) is 0 Å². The van der Waals surface area contributed by atoms with Crippen LogP contribution in [0.1, 0.15) is 34.0 Å². The topological polar surface area (TPSA) is 87.1 Å². The molecule has 2 atom stereocenters. The molecule has 2 aromatic heterocycles. The lowest BCUT2D eigenvalue weighted by Crippen LogP contribution is -2.38. The Morgan fingerprint density at radius 1 is 1.13 bits per heavy atom. The summed E-state index contributed by atoms with van der Waals surface area (Å²) in [4.78, 5) is 29.7. The molecule has 0 saturated carbocycles. The van der Waals surface area contributed by atoms with E-state index in [-0.39, 0.29) is 23.9 Å². The van der Waals surface area contributed by atoms with E-state index in [1.165, 1.54) is 17.2 Å². The zero-order valence-corrected chi connectivity index (χ0v) is 17.7. The van der Waals surface area contributed by atoms with Gasteiger partial charge in [-0.05, 0) is 56.1 Å². The molecule has 1 aliphatic heterocycles. The summed E-state index contributed by atoms with van der Waals surface area (Å²) in [5.41, 5.74) is 0.618. The zero-order chi connectivity index (χ0) is 22.1. The third-order valence-corrected chi connectivity index (χ3v) is 5.60. The van der Waals surface area contributed by atoms with Crippen molar-refractivity contribution in [3.05, 3.63) is 94.5 Å². The average Bonchev–Trinajstić information content (AvgIpc) is 3.50. The first kappa shape index (κ1) is 21.0. The smallest absolute Gasteiger partial charge is 0.290 e. The summed E-state index contributed by atoms with van der Waals surface area (Å²) in [5.74, 6) is -1.05. The van der Waals surface area contributed by atoms with Crippen molar-refractivity contribution in [1.82, 2.24) is 9.80 Å². The van der Waals surface area contributed by atoms with Crippen LogP contribution in [-0.2, 0) is 4.79 Å². The third-order valence-electron chi connectivity index (χ3n) is 5.34. The molecule has 7 nitrogen and oxygen atoms in total. The van der Waals surface area contributed by atoms with Gasteiger partial charge in [0.15, 0.2) is 11.5 Å². The molecule has 4 rings (SSSR count). The summed E-state index contributed by atoms with van der Waals surface area (Å²) >= 11 is 6.04. The number of furan rings is 2. The fourth-order valence-electron chi connectivity index (χ4n) is 3.78. The fraction of sp³-hybridized carbons (Fsp3) is 0.217. The normalized spacial score (nSPS) is 17.6. The van der Waals surface area contributed by atoms with E-state index in [0.29, 0.717) is 16.3 Å². The van der Waals surface area contributed by atoms with Crippen LogP contribution >= 0.6 is 11.6 Å². The summed E-state index contributed by atoms with van der Waals surface area (Å²) < 4.78 is 10.8. The number of ketones is 1. The van der Waals surface area contributed by atoms with E-state index in [9.17, 15) is 14.7 Å². The highest BCUT2D eigenvalue weighted by Gasteiger charge is 2.45. The van der Waals surface area contributed by atoms with Crippen LogP contribution in [0.4, 0.5) is 0 Å². The van der Waals surface area contributed by atoms with Crippen LogP contribution in [0.25, 0.3) is 0 Å². The van der Waals surface area contributed by atoms with Crippen LogP contribution in [0.2, 0.25) is 5.02 Å². The molecule has 8 heteroatoms. The molecule has 3 heterocycles. The molecule has 3 aromatic rings. The van der Waals surface area contributed by atoms with Gasteiger partial charge < -0.3 is 18.8 Å². The summed E-state index contributed by atoms with van der Waals surface area (Å²) in [7, 11) is 3.74. The van der Waals surface area contributed by atoms with Crippen LogP contribution < -0.4 is 0 Å². The molecule has 0 radical (unpaired) electrons. The Morgan fingerprint density at radius 2 is 1.81 bits per heavy atom. The first-order valence-electron chi connectivity index (χ1n) is 9.66. The van der Waals surface area contributed by atoms with Gasteiger partial charge in [0.05, 0.1) is 30.2 Å². The lowest BCUT2D eigenvalue weighted by molar-refractivity contribution is -0.130. The zero-order valence-electron chi connectivity index (χ0n) is 17.0. The van der Waals surface area contributed by atoms with Gasteiger partial charge >= 0.3 is 0 Å². The van der Waals surface area contributed by atoms with E-state index < -0.39 is 23.5 Å². The number of aliphatic hydroxyl groups is 1. The van der Waals surface area contributed by atoms with Crippen LogP contribution in [0, 0.1) is 0 Å². The summed E-state index contributed by atoms with van der Waals surface area (Å²) in [6.45, 7) is 0.186. The molecule has 1 aromatic carbocycles. The van der Waals surface area contributed by atoms with Gasteiger partial charge in [0.25, 0.3) is 5.91 Å². The number of rotatable bonds is 7. The quantitative estimate of drug-likeness (QED) is 0.548. The molecule has 0 spiro atoms. The van der Waals surface area contributed by atoms with Crippen LogP contribution in [0.15, 0.2) is 81.2 Å². The molecule has 0 aliphatic carbocycles. The number of benzene rings is 1. The molecular formula is C23H21ClN2O5. The largest absolute Gasteiger partial charge is 0.503 e. The second kappa shape index (κ2) is 8.45. The Balaban J connectivity index is 1.78. The van der Waals surface area contributed by atoms with Gasteiger partial charge in [0.2, 0.25) is 5.78 Å². The van der Waals surface area contributed by atoms with E-state index in [1.807, 2.05) is 25.1 Å². The van der Waals surface area contributed by atoms with E-state index in [0.717, 1.165) is 0 Å². The van der Waals surface area contributed by atoms with Gasteiger partial charge in [-0.2, -0.15) is 0 Å². The number of carbonyl (C=O) groups excluding carboxylic acids is 2. The highest BCUT2D eigenvalue weighted by molar-refractivity contribution is 6.30. The molecule has 0 bridgehead atoms. The van der Waals surface area contributed by atoms with Crippen molar-refractivity contribution >= 4 is 23.3 Å². The number of nitrogens with zero attached hydrogens (tertiary/aromatic N) is 2. The van der Waals surface area contributed by atoms with Gasteiger partial charge in [0.1, 0.15) is 5.76 Å². The van der Waals surface area contributed by atoms with Gasteiger partial charge in [-0.1, -0.05) is 23.7 Å². The van der Waals surface area contributed by atoms with Crippen LogP contribution in [0.3, 0.4) is 0 Å². The third kappa shape index (κ3) is 3.89. The molecule has 0 saturated heterocycles. The minimum Gasteiger partial charge on any atom is -0.503 e. The number of Topliss-reactive ketones (excluding diaryl/α,β-unsaturated/α-hetero) is 1. The Morgan fingerprint density at radius 3 is 2.39 bits per heavy atom. The van der Waals surface area contributed by atoms with E-state index in [4.69, 9.17) is 20.4 Å². The molecule has 160 valence electrons. The van der Waals surface area contributed by atoms with Crippen molar-refractivity contribution < 1.29 is 23.5 Å². The van der Waals surface area contributed by atoms with Crippen molar-refractivity contribution in [2.75, 3.05) is 20.6 Å². The molecular weight excluding hydrogens is 420 g/mol. The first-order chi connectivity index (χ1) is 14.9.